The van der Waals surface area contributed by atoms with Crippen LogP contribution in [-0.4, -0.2) is 32.3 Å². The van der Waals surface area contributed by atoms with Crippen molar-refractivity contribution in [3.8, 4) is 0 Å². The molecule has 0 amide bonds. The van der Waals surface area contributed by atoms with Crippen molar-refractivity contribution in [3.63, 3.8) is 0 Å². The summed E-state index contributed by atoms with van der Waals surface area (Å²) in [6.07, 6.45) is -0.980. The topological polar surface area (TPSA) is 60.2 Å². The molecule has 29 heavy (non-hydrogen) atoms. The van der Waals surface area contributed by atoms with Crippen molar-refractivity contribution < 1.29 is 23.0 Å². The number of allylic oxidation sites excluding steroid dienone is 1. The van der Waals surface area contributed by atoms with E-state index in [0.717, 1.165) is 29.7 Å². The average Bonchev–Trinajstić information content (AvgIpc) is 3.08. The second kappa shape index (κ2) is 8.51. The Hall–Kier alpha value is -2.45. The largest absolute Gasteiger partial charge is 0.416 e. The van der Waals surface area contributed by atoms with Gasteiger partial charge in [-0.25, -0.2) is 4.68 Å². The summed E-state index contributed by atoms with van der Waals surface area (Å²) in [5.74, 6) is -0.0425. The molecule has 0 radical (unpaired) electrons. The Labute approximate surface area is 167 Å². The lowest BCUT2D eigenvalue weighted by atomic mass is 9.81. The van der Waals surface area contributed by atoms with Crippen molar-refractivity contribution in [2.75, 3.05) is 0 Å². The highest BCUT2D eigenvalue weighted by Crippen LogP contribution is 2.31. The van der Waals surface area contributed by atoms with Crippen LogP contribution in [0, 0.1) is 5.92 Å². The van der Waals surface area contributed by atoms with Gasteiger partial charge in [-0.15, -0.1) is 5.10 Å². The van der Waals surface area contributed by atoms with Gasteiger partial charge in [0.1, 0.15) is 11.8 Å². The van der Waals surface area contributed by atoms with Crippen molar-refractivity contribution in [2.24, 2.45) is 5.92 Å². The van der Waals surface area contributed by atoms with E-state index < -0.39 is 23.9 Å². The van der Waals surface area contributed by atoms with E-state index in [1.54, 1.807) is 6.20 Å². The number of nitrogens with zero attached hydrogens (tertiary/aromatic N) is 3. The first-order valence-corrected chi connectivity index (χ1v) is 9.32. The first kappa shape index (κ1) is 21.3. The summed E-state index contributed by atoms with van der Waals surface area (Å²) in [4.78, 5) is 0. The minimum Gasteiger partial charge on any atom is -0.389 e. The molecule has 0 bridgehead atoms. The Bertz CT molecular complexity index is 887. The van der Waals surface area contributed by atoms with Crippen molar-refractivity contribution >= 4 is 0 Å². The molecule has 0 aliphatic heterocycles. The normalized spacial score (nSPS) is 22.4. The fraction of sp³-hybridized carbons (Fsp3) is 0.429. The molecule has 3 unspecified atom stereocenters. The summed E-state index contributed by atoms with van der Waals surface area (Å²) in [5, 5.41) is 18.6. The molecule has 0 saturated carbocycles. The van der Waals surface area contributed by atoms with E-state index in [4.69, 9.17) is 4.74 Å². The highest BCUT2D eigenvalue weighted by Gasteiger charge is 2.33. The Morgan fingerprint density at radius 2 is 2.00 bits per heavy atom. The lowest BCUT2D eigenvalue weighted by molar-refractivity contribution is -0.137. The van der Waals surface area contributed by atoms with Crippen molar-refractivity contribution in [2.45, 2.75) is 51.8 Å². The molecule has 1 aliphatic carbocycles. The molecule has 1 aliphatic rings. The van der Waals surface area contributed by atoms with Crippen LogP contribution in [0.15, 0.2) is 54.3 Å². The van der Waals surface area contributed by atoms with Gasteiger partial charge in [-0.05, 0) is 43.5 Å². The lowest BCUT2D eigenvalue weighted by Crippen LogP contribution is -2.39. The van der Waals surface area contributed by atoms with Crippen LogP contribution in [0.25, 0.3) is 0 Å². The van der Waals surface area contributed by atoms with Gasteiger partial charge in [0.2, 0.25) is 0 Å². The van der Waals surface area contributed by atoms with Crippen molar-refractivity contribution in [1.29, 1.82) is 0 Å². The lowest BCUT2D eigenvalue weighted by Gasteiger charge is -2.34. The number of hydrogen-bond acceptors (Lipinski definition) is 4. The number of alkyl halides is 3. The predicted octanol–water partition coefficient (Wildman–Crippen LogP) is 4.13. The summed E-state index contributed by atoms with van der Waals surface area (Å²) in [7, 11) is 0. The maximum absolute atomic E-state index is 12.6. The van der Waals surface area contributed by atoms with Gasteiger partial charge in [-0.3, -0.25) is 0 Å². The average molecular weight is 407 g/mol. The second-order valence-electron chi connectivity index (χ2n) is 7.46. The number of rotatable bonds is 6. The Morgan fingerprint density at radius 3 is 2.62 bits per heavy atom. The number of aliphatic hydroxyl groups is 1. The van der Waals surface area contributed by atoms with E-state index in [-0.39, 0.29) is 12.5 Å². The molecular weight excluding hydrogens is 383 g/mol. The van der Waals surface area contributed by atoms with E-state index in [2.05, 4.69) is 23.0 Å². The zero-order chi connectivity index (χ0) is 21.2. The van der Waals surface area contributed by atoms with Gasteiger partial charge in [-0.1, -0.05) is 35.6 Å². The SMILES string of the molecule is C=C(C)C1CC=C(C)C(OCc2cn(Cc3ccc(C(F)(F)F)cc3)nn2)C1O. The maximum Gasteiger partial charge on any atom is 0.416 e. The Balaban J connectivity index is 1.60. The second-order valence-corrected chi connectivity index (χ2v) is 7.46. The molecule has 0 spiro atoms. The van der Waals surface area contributed by atoms with Crippen LogP contribution < -0.4 is 0 Å². The van der Waals surface area contributed by atoms with Crippen LogP contribution >= 0.6 is 0 Å². The van der Waals surface area contributed by atoms with E-state index in [1.807, 2.05) is 13.8 Å². The molecule has 0 saturated heterocycles. The van der Waals surface area contributed by atoms with Crippen LogP contribution in [-0.2, 0) is 24.1 Å². The van der Waals surface area contributed by atoms with Crippen LogP contribution in [0.4, 0.5) is 13.2 Å². The number of benzene rings is 1. The van der Waals surface area contributed by atoms with Gasteiger partial charge in [0, 0.05) is 5.92 Å². The van der Waals surface area contributed by atoms with Crippen LogP contribution in [0.5, 0.6) is 0 Å². The molecule has 3 atom stereocenters. The summed E-state index contributed by atoms with van der Waals surface area (Å²) in [6, 6.07) is 4.94. The minimum absolute atomic E-state index is 0.0425. The monoisotopic (exact) mass is 407 g/mol. The number of hydrogen-bond donors (Lipinski definition) is 1. The number of aromatic nitrogens is 3. The van der Waals surface area contributed by atoms with E-state index in [9.17, 15) is 18.3 Å². The van der Waals surface area contributed by atoms with Crippen LogP contribution in [0.2, 0.25) is 0 Å². The van der Waals surface area contributed by atoms with E-state index in [0.29, 0.717) is 17.8 Å². The third-order valence-corrected chi connectivity index (χ3v) is 5.12. The van der Waals surface area contributed by atoms with Crippen molar-refractivity contribution in [1.82, 2.24) is 15.0 Å². The van der Waals surface area contributed by atoms with Crippen LogP contribution in [0.3, 0.4) is 0 Å². The quantitative estimate of drug-likeness (QED) is 0.732. The summed E-state index contributed by atoms with van der Waals surface area (Å²) < 4.78 is 45.4. The molecule has 1 aromatic heterocycles. The van der Waals surface area contributed by atoms with Gasteiger partial charge >= 0.3 is 6.18 Å². The first-order chi connectivity index (χ1) is 13.6. The minimum atomic E-state index is -4.35. The predicted molar refractivity (Wildman–Crippen MR) is 102 cm³/mol. The van der Waals surface area contributed by atoms with Gasteiger partial charge < -0.3 is 9.84 Å². The number of ether oxygens (including phenoxy) is 1. The van der Waals surface area contributed by atoms with Crippen LogP contribution in [0.1, 0.15) is 37.1 Å². The van der Waals surface area contributed by atoms with Gasteiger partial charge in [0.25, 0.3) is 0 Å². The zero-order valence-corrected chi connectivity index (χ0v) is 16.4. The van der Waals surface area contributed by atoms with Gasteiger partial charge in [0.05, 0.1) is 31.0 Å². The summed E-state index contributed by atoms with van der Waals surface area (Å²) in [6.45, 7) is 8.22. The third kappa shape index (κ3) is 5.13. The van der Waals surface area contributed by atoms with E-state index >= 15 is 0 Å². The molecular formula is C21H24F3N3O2. The highest BCUT2D eigenvalue weighted by molar-refractivity contribution is 5.24. The molecule has 1 N–H and O–H groups in total. The molecule has 0 fully saturated rings. The molecule has 2 aromatic rings. The molecule has 8 heteroatoms. The third-order valence-electron chi connectivity index (χ3n) is 5.12. The van der Waals surface area contributed by atoms with Gasteiger partial charge in [0.15, 0.2) is 0 Å². The summed E-state index contributed by atoms with van der Waals surface area (Å²) in [5.41, 5.74) is 2.46. The van der Waals surface area contributed by atoms with Gasteiger partial charge in [-0.2, -0.15) is 13.2 Å². The number of aliphatic hydroxyl groups excluding tert-OH is 1. The van der Waals surface area contributed by atoms with E-state index in [1.165, 1.54) is 16.8 Å². The Morgan fingerprint density at radius 1 is 1.31 bits per heavy atom. The highest BCUT2D eigenvalue weighted by atomic mass is 19.4. The molecule has 1 heterocycles. The fourth-order valence-electron chi connectivity index (χ4n) is 3.41. The molecule has 3 rings (SSSR count). The molecule has 1 aromatic carbocycles. The zero-order valence-electron chi connectivity index (χ0n) is 16.4. The van der Waals surface area contributed by atoms with Crippen molar-refractivity contribution in [3.05, 3.63) is 71.1 Å². The molecule has 5 nitrogen and oxygen atoms in total. The fourth-order valence-corrected chi connectivity index (χ4v) is 3.41. The Kier molecular flexibility index (Phi) is 6.24. The standard InChI is InChI=1S/C21H24F3N3O2/c1-13(2)18-9-4-14(3)20(19(18)28)29-12-17-11-27(26-25-17)10-15-5-7-16(8-6-15)21(22,23)24/h4-8,11,18-20,28H,1,9-10,12H2,2-3H3. The summed E-state index contributed by atoms with van der Waals surface area (Å²) >= 11 is 0. The maximum atomic E-state index is 12.6. The smallest absolute Gasteiger partial charge is 0.389 e. The first-order valence-electron chi connectivity index (χ1n) is 9.32. The molecule has 156 valence electrons. The number of halogens is 3.